The quantitative estimate of drug-likeness (QED) is 0.106. The van der Waals surface area contributed by atoms with Crippen molar-refractivity contribution >= 4 is 69.6 Å². The summed E-state index contributed by atoms with van der Waals surface area (Å²) in [5.41, 5.74) is 11.3. The van der Waals surface area contributed by atoms with Gasteiger partial charge in [-0.2, -0.15) is 0 Å². The van der Waals surface area contributed by atoms with E-state index in [0.29, 0.717) is 38.9 Å². The van der Waals surface area contributed by atoms with Crippen molar-refractivity contribution in [3.63, 3.8) is 0 Å². The SMILES string of the molecule is Cc1ccc2cc(-c3ccc(F)cc3F)ccc2n1.Fc1ccc(-c2ccc3nc(/C=C/c4ccc(/C=C/c5ccc6cc(-c7ccc(F)cc7F)ccc6n5)cc4)ccc3c2)c(F)c1.O=Cc1ccc(C=O)cc1. The normalized spacial score (nSPS) is 11.1. The molecular formula is C64H41F6N3O2. The predicted molar refractivity (Wildman–Crippen MR) is 288 cm³/mol. The molecule has 0 atom stereocenters. The minimum absolute atomic E-state index is 0.344. The van der Waals surface area contributed by atoms with E-state index >= 15 is 0 Å². The lowest BCUT2D eigenvalue weighted by molar-refractivity contribution is 0.111. The molecule has 0 aliphatic carbocycles. The molecule has 11 heteroatoms. The highest BCUT2D eigenvalue weighted by atomic mass is 19.2. The largest absolute Gasteiger partial charge is 0.298 e. The van der Waals surface area contributed by atoms with Gasteiger partial charge in [-0.1, -0.05) is 97.1 Å². The third kappa shape index (κ3) is 12.5. The minimum Gasteiger partial charge on any atom is -0.298 e. The molecule has 0 fully saturated rings. The first-order valence-electron chi connectivity index (χ1n) is 23.4. The third-order valence-electron chi connectivity index (χ3n) is 12.0. The topological polar surface area (TPSA) is 72.8 Å². The Morgan fingerprint density at radius 1 is 0.320 bits per heavy atom. The van der Waals surface area contributed by atoms with Crippen LogP contribution in [0.15, 0.2) is 194 Å². The highest BCUT2D eigenvalue weighted by molar-refractivity contribution is 5.88. The molecule has 366 valence electrons. The molecule has 3 heterocycles. The van der Waals surface area contributed by atoms with Crippen LogP contribution < -0.4 is 0 Å². The third-order valence-corrected chi connectivity index (χ3v) is 12.0. The molecule has 0 aliphatic rings. The Morgan fingerprint density at radius 2 is 0.653 bits per heavy atom. The summed E-state index contributed by atoms with van der Waals surface area (Å²) in [4.78, 5) is 34.0. The van der Waals surface area contributed by atoms with E-state index in [9.17, 15) is 35.9 Å². The molecule has 0 spiro atoms. The Bertz CT molecular complexity index is 3780. The van der Waals surface area contributed by atoms with Crippen LogP contribution in [0.25, 0.3) is 90.4 Å². The van der Waals surface area contributed by atoms with Crippen LogP contribution in [0, 0.1) is 41.8 Å². The maximum atomic E-state index is 14.2. The number of nitrogens with zero attached hydrogens (tertiary/aromatic N) is 3. The maximum Gasteiger partial charge on any atom is 0.150 e. The van der Waals surface area contributed by atoms with Crippen molar-refractivity contribution in [1.29, 1.82) is 0 Å². The zero-order valence-corrected chi connectivity index (χ0v) is 39.9. The lowest BCUT2D eigenvalue weighted by Crippen LogP contribution is -1.88. The summed E-state index contributed by atoms with van der Waals surface area (Å²) in [7, 11) is 0. The second-order valence-corrected chi connectivity index (χ2v) is 17.3. The van der Waals surface area contributed by atoms with Gasteiger partial charge in [-0.3, -0.25) is 14.6 Å². The van der Waals surface area contributed by atoms with Crippen LogP contribution in [0.1, 0.15) is 48.9 Å². The Kier molecular flexibility index (Phi) is 15.3. The first kappa shape index (κ1) is 50.3. The van der Waals surface area contributed by atoms with Crippen LogP contribution in [0.4, 0.5) is 26.3 Å². The molecule has 0 unspecified atom stereocenters. The van der Waals surface area contributed by atoms with Gasteiger partial charge >= 0.3 is 0 Å². The van der Waals surface area contributed by atoms with E-state index in [0.717, 1.165) is 97.3 Å². The standard InChI is InChI=1S/C40H24F4N2.C16H11F2N.C8H6O2/c41-31-11-17-35(37(43)23-31)27-9-19-39-29(21-27)7-15-33(45-39)13-5-25-1-2-26(4-3-25)6-14-34-16-8-30-22-28(10-20-40(30)46-34)36-18-12-32(42)24-38(36)44;1-10-2-3-12-8-11(4-7-16(12)19-10)14-6-5-13(17)9-15(14)18;9-5-7-1-2-8(6-10)4-3-7/h1-24H;2-9H,1H3;1-6H/b13-5+,14-6+;;. The van der Waals surface area contributed by atoms with Crippen LogP contribution in [0.5, 0.6) is 0 Å². The molecule has 5 nitrogen and oxygen atoms in total. The number of rotatable bonds is 9. The van der Waals surface area contributed by atoms with Gasteiger partial charge in [0, 0.05) is 67.9 Å². The fourth-order valence-electron chi connectivity index (χ4n) is 8.10. The van der Waals surface area contributed by atoms with Crippen molar-refractivity contribution in [3.8, 4) is 33.4 Å². The highest BCUT2D eigenvalue weighted by Gasteiger charge is 2.11. The van der Waals surface area contributed by atoms with Crippen molar-refractivity contribution in [2.75, 3.05) is 0 Å². The van der Waals surface area contributed by atoms with E-state index in [1.165, 1.54) is 36.4 Å². The molecule has 75 heavy (non-hydrogen) atoms. The molecule has 0 amide bonds. The number of pyridine rings is 3. The van der Waals surface area contributed by atoms with E-state index in [1.807, 2.05) is 128 Å². The van der Waals surface area contributed by atoms with Crippen molar-refractivity contribution in [2.45, 2.75) is 6.92 Å². The summed E-state index contributed by atoms with van der Waals surface area (Å²) in [5, 5.41) is 2.66. The van der Waals surface area contributed by atoms with Crippen molar-refractivity contribution in [1.82, 2.24) is 15.0 Å². The van der Waals surface area contributed by atoms with Crippen LogP contribution >= 0.6 is 0 Å². The predicted octanol–water partition coefficient (Wildman–Crippen LogP) is 16.8. The molecule has 11 rings (SSSR count). The Hall–Kier alpha value is -9.61. The zero-order valence-electron chi connectivity index (χ0n) is 39.9. The van der Waals surface area contributed by atoms with Gasteiger partial charge in [0.2, 0.25) is 0 Å². The molecule has 0 aliphatic heterocycles. The molecule has 3 aromatic heterocycles. The lowest BCUT2D eigenvalue weighted by atomic mass is 10.0. The summed E-state index contributed by atoms with van der Waals surface area (Å²) in [6.07, 6.45) is 9.34. The van der Waals surface area contributed by atoms with Gasteiger partial charge in [0.1, 0.15) is 47.5 Å². The van der Waals surface area contributed by atoms with Gasteiger partial charge in [0.25, 0.3) is 0 Å². The van der Waals surface area contributed by atoms with Crippen LogP contribution in [-0.4, -0.2) is 27.5 Å². The molecule has 0 saturated carbocycles. The van der Waals surface area contributed by atoms with Crippen LogP contribution in [-0.2, 0) is 0 Å². The summed E-state index contributed by atoms with van der Waals surface area (Å²) >= 11 is 0. The summed E-state index contributed by atoms with van der Waals surface area (Å²) in [6, 6.07) is 53.2. The van der Waals surface area contributed by atoms with Crippen LogP contribution in [0.3, 0.4) is 0 Å². The van der Waals surface area contributed by atoms with E-state index in [2.05, 4.69) is 4.98 Å². The molecule has 0 radical (unpaired) electrons. The number of halogens is 6. The zero-order chi connectivity index (χ0) is 52.4. The van der Waals surface area contributed by atoms with E-state index < -0.39 is 34.9 Å². The number of benzene rings is 8. The van der Waals surface area contributed by atoms with E-state index in [1.54, 1.807) is 42.5 Å². The summed E-state index contributed by atoms with van der Waals surface area (Å²) in [6.45, 7) is 1.92. The van der Waals surface area contributed by atoms with Crippen molar-refractivity contribution < 1.29 is 35.9 Å². The molecule has 0 N–H and O–H groups in total. The number of aromatic nitrogens is 3. The monoisotopic (exact) mass is 997 g/mol. The first-order chi connectivity index (χ1) is 36.4. The second-order valence-electron chi connectivity index (χ2n) is 17.3. The fraction of sp³-hybridized carbons (Fsp3) is 0.0156. The number of carbonyl (C=O) groups is 2. The fourth-order valence-corrected chi connectivity index (χ4v) is 8.10. The average Bonchev–Trinajstić information content (AvgIpc) is 3.42. The molecular weight excluding hydrogens is 957 g/mol. The number of hydrogen-bond acceptors (Lipinski definition) is 5. The van der Waals surface area contributed by atoms with Gasteiger partial charge < -0.3 is 0 Å². The minimum atomic E-state index is -0.605. The van der Waals surface area contributed by atoms with E-state index in [4.69, 9.17) is 9.97 Å². The molecule has 8 aromatic carbocycles. The molecule has 11 aromatic rings. The summed E-state index contributed by atoms with van der Waals surface area (Å²) in [5.74, 6) is -3.54. The Labute approximate surface area is 427 Å². The maximum absolute atomic E-state index is 14.2. The van der Waals surface area contributed by atoms with Crippen LogP contribution in [0.2, 0.25) is 0 Å². The summed E-state index contributed by atoms with van der Waals surface area (Å²) < 4.78 is 81.8. The smallest absolute Gasteiger partial charge is 0.150 e. The average molecular weight is 998 g/mol. The number of aldehydes is 2. The van der Waals surface area contributed by atoms with Gasteiger partial charge in [-0.25, -0.2) is 36.3 Å². The van der Waals surface area contributed by atoms with Crippen molar-refractivity contribution in [2.24, 2.45) is 0 Å². The van der Waals surface area contributed by atoms with Gasteiger partial charge in [0.05, 0.1) is 27.9 Å². The van der Waals surface area contributed by atoms with Gasteiger partial charge in [-0.15, -0.1) is 0 Å². The Morgan fingerprint density at radius 3 is 1.00 bits per heavy atom. The first-order valence-corrected chi connectivity index (χ1v) is 23.4. The molecule has 0 saturated heterocycles. The number of fused-ring (bicyclic) bond motifs is 3. The van der Waals surface area contributed by atoms with Gasteiger partial charge in [0.15, 0.2) is 0 Å². The second kappa shape index (κ2) is 22.9. The number of hydrogen-bond donors (Lipinski definition) is 0. The van der Waals surface area contributed by atoms with Gasteiger partial charge in [-0.05, 0) is 138 Å². The lowest BCUT2D eigenvalue weighted by Gasteiger charge is -2.06. The number of aryl methyl sites for hydroxylation is 1. The Balaban J connectivity index is 0.000000193. The van der Waals surface area contributed by atoms with E-state index in [-0.39, 0.29) is 0 Å². The molecule has 0 bridgehead atoms. The highest BCUT2D eigenvalue weighted by Crippen LogP contribution is 2.30. The van der Waals surface area contributed by atoms with Crippen molar-refractivity contribution in [3.05, 3.63) is 268 Å². The number of carbonyl (C=O) groups excluding carboxylic acids is 2.